The first-order chi connectivity index (χ1) is 15.3. The van der Waals surface area contributed by atoms with E-state index in [2.05, 4.69) is 0 Å². The molecule has 0 N–H and O–H groups in total. The monoisotopic (exact) mass is 456 g/mol. The van der Waals surface area contributed by atoms with E-state index < -0.39 is 10.0 Å². The Morgan fingerprint density at radius 3 is 2.22 bits per heavy atom. The summed E-state index contributed by atoms with van der Waals surface area (Å²) in [7, 11) is -3.57. The van der Waals surface area contributed by atoms with Gasteiger partial charge < -0.3 is 9.64 Å². The van der Waals surface area contributed by atoms with E-state index in [1.807, 2.05) is 12.1 Å². The van der Waals surface area contributed by atoms with Crippen LogP contribution in [0.5, 0.6) is 5.75 Å². The number of amides is 1. The molecule has 2 aliphatic rings. The highest BCUT2D eigenvalue weighted by Crippen LogP contribution is 2.26. The van der Waals surface area contributed by atoms with Crippen molar-refractivity contribution < 1.29 is 22.7 Å². The molecule has 1 aliphatic carbocycles. The lowest BCUT2D eigenvalue weighted by molar-refractivity contribution is -0.134. The number of carbonyl (C=O) groups is 2. The lowest BCUT2D eigenvalue weighted by Crippen LogP contribution is -2.51. The van der Waals surface area contributed by atoms with Gasteiger partial charge in [0.05, 0.1) is 4.90 Å². The van der Waals surface area contributed by atoms with Crippen LogP contribution in [0.15, 0.2) is 47.4 Å². The Bertz CT molecular complexity index is 1100. The highest BCUT2D eigenvalue weighted by molar-refractivity contribution is 7.89. The van der Waals surface area contributed by atoms with Crippen molar-refractivity contribution in [2.45, 2.75) is 37.5 Å². The minimum atomic E-state index is -3.57. The maximum Gasteiger partial charge on any atom is 0.260 e. The molecule has 7 nitrogen and oxygen atoms in total. The van der Waals surface area contributed by atoms with E-state index in [-0.39, 0.29) is 31.4 Å². The molecule has 170 valence electrons. The van der Waals surface area contributed by atoms with Crippen LogP contribution in [0.3, 0.4) is 0 Å². The smallest absolute Gasteiger partial charge is 0.260 e. The fourth-order valence-corrected chi connectivity index (χ4v) is 5.69. The van der Waals surface area contributed by atoms with E-state index in [1.54, 1.807) is 35.2 Å². The number of hydrogen-bond donors (Lipinski definition) is 0. The van der Waals surface area contributed by atoms with Crippen LogP contribution < -0.4 is 4.74 Å². The van der Waals surface area contributed by atoms with Gasteiger partial charge in [-0.05, 0) is 80.1 Å². The maximum absolute atomic E-state index is 13.1. The first-order valence-electron chi connectivity index (χ1n) is 11.0. The number of carbonyl (C=O) groups excluding carboxylic acids is 2. The minimum Gasteiger partial charge on any atom is -0.484 e. The quantitative estimate of drug-likeness (QED) is 0.624. The standard InChI is InChI=1S/C24H28N2O5S/c1-18(27)19-6-9-22(10-7-19)31-17-24(28)25-12-14-26(15-13-25)32(29,30)23-11-8-20-4-2-3-5-21(20)16-23/h6-11,16H,2-5,12-15,17H2,1H3. The van der Waals surface area contributed by atoms with Crippen LogP contribution in [0.2, 0.25) is 0 Å². The van der Waals surface area contributed by atoms with Crippen molar-refractivity contribution in [3.63, 3.8) is 0 Å². The van der Waals surface area contributed by atoms with E-state index in [0.717, 1.165) is 31.2 Å². The number of benzene rings is 2. The Kier molecular flexibility index (Phi) is 6.62. The highest BCUT2D eigenvalue weighted by atomic mass is 32.2. The SMILES string of the molecule is CC(=O)c1ccc(OCC(=O)N2CCN(S(=O)(=O)c3ccc4c(c3)CCCC4)CC2)cc1. The second-order valence-corrected chi connectivity index (χ2v) is 10.2. The van der Waals surface area contributed by atoms with Crippen LogP contribution in [0.25, 0.3) is 0 Å². The molecule has 0 spiro atoms. The lowest BCUT2D eigenvalue weighted by Gasteiger charge is -2.34. The van der Waals surface area contributed by atoms with Gasteiger partial charge in [-0.3, -0.25) is 9.59 Å². The normalized spacial score (nSPS) is 17.0. The number of hydrogen-bond acceptors (Lipinski definition) is 5. The molecule has 2 aromatic rings. The van der Waals surface area contributed by atoms with Gasteiger partial charge in [0.1, 0.15) is 5.75 Å². The highest BCUT2D eigenvalue weighted by Gasteiger charge is 2.30. The van der Waals surface area contributed by atoms with Crippen molar-refractivity contribution in [1.29, 1.82) is 0 Å². The van der Waals surface area contributed by atoms with Crippen molar-refractivity contribution >= 4 is 21.7 Å². The Morgan fingerprint density at radius 2 is 1.56 bits per heavy atom. The second kappa shape index (κ2) is 9.42. The molecule has 0 unspecified atom stereocenters. The van der Waals surface area contributed by atoms with Gasteiger partial charge in [0.2, 0.25) is 10.0 Å². The van der Waals surface area contributed by atoms with Gasteiger partial charge in [-0.2, -0.15) is 4.31 Å². The zero-order chi connectivity index (χ0) is 22.7. The van der Waals surface area contributed by atoms with Crippen molar-refractivity contribution in [1.82, 2.24) is 9.21 Å². The second-order valence-electron chi connectivity index (χ2n) is 8.29. The average molecular weight is 457 g/mol. The van der Waals surface area contributed by atoms with Crippen molar-refractivity contribution in [3.05, 3.63) is 59.2 Å². The van der Waals surface area contributed by atoms with E-state index in [1.165, 1.54) is 16.8 Å². The summed E-state index contributed by atoms with van der Waals surface area (Å²) in [5, 5.41) is 0. The van der Waals surface area contributed by atoms with Gasteiger partial charge in [0.15, 0.2) is 12.4 Å². The third kappa shape index (κ3) is 4.86. The number of ketones is 1. The number of Topliss-reactive ketones (excluding diaryl/α,β-unsaturated/α-hetero) is 1. The topological polar surface area (TPSA) is 84.0 Å². The number of rotatable bonds is 6. The van der Waals surface area contributed by atoms with Crippen LogP contribution in [-0.2, 0) is 27.7 Å². The molecule has 0 atom stereocenters. The molecule has 0 saturated carbocycles. The number of sulfonamides is 1. The number of piperazine rings is 1. The Hall–Kier alpha value is -2.71. The molecule has 0 bridgehead atoms. The minimum absolute atomic E-state index is 0.0316. The van der Waals surface area contributed by atoms with Crippen LogP contribution in [-0.4, -0.2) is 62.1 Å². The third-order valence-electron chi connectivity index (χ3n) is 6.17. The molecule has 0 aromatic heterocycles. The summed E-state index contributed by atoms with van der Waals surface area (Å²) < 4.78 is 33.2. The molecule has 4 rings (SSSR count). The summed E-state index contributed by atoms with van der Waals surface area (Å²) in [4.78, 5) is 25.8. The van der Waals surface area contributed by atoms with Crippen LogP contribution >= 0.6 is 0 Å². The van der Waals surface area contributed by atoms with Crippen molar-refractivity contribution in [2.75, 3.05) is 32.8 Å². The average Bonchev–Trinajstić information content (AvgIpc) is 2.82. The van der Waals surface area contributed by atoms with Gasteiger partial charge >= 0.3 is 0 Å². The summed E-state index contributed by atoms with van der Waals surface area (Å²) in [6.45, 7) is 2.55. The first kappa shape index (κ1) is 22.5. The molecule has 1 fully saturated rings. The zero-order valence-electron chi connectivity index (χ0n) is 18.2. The van der Waals surface area contributed by atoms with Gasteiger partial charge in [-0.15, -0.1) is 0 Å². The number of fused-ring (bicyclic) bond motifs is 1. The van der Waals surface area contributed by atoms with E-state index in [4.69, 9.17) is 4.74 Å². The lowest BCUT2D eigenvalue weighted by atomic mass is 9.92. The predicted octanol–water partition coefficient (Wildman–Crippen LogP) is 2.68. The van der Waals surface area contributed by atoms with Crippen LogP contribution in [0.4, 0.5) is 0 Å². The largest absolute Gasteiger partial charge is 0.484 e. The fourth-order valence-electron chi connectivity index (χ4n) is 4.22. The number of ether oxygens (including phenoxy) is 1. The molecule has 1 heterocycles. The molecular weight excluding hydrogens is 428 g/mol. The molecule has 8 heteroatoms. The molecule has 0 radical (unpaired) electrons. The Morgan fingerprint density at radius 1 is 0.906 bits per heavy atom. The molecule has 1 aliphatic heterocycles. The summed E-state index contributed by atoms with van der Waals surface area (Å²) in [5.41, 5.74) is 2.97. The molecule has 1 amide bonds. The van der Waals surface area contributed by atoms with Gasteiger partial charge in [-0.1, -0.05) is 6.07 Å². The van der Waals surface area contributed by atoms with Crippen molar-refractivity contribution in [2.24, 2.45) is 0 Å². The predicted molar refractivity (Wildman–Crippen MR) is 120 cm³/mol. The maximum atomic E-state index is 13.1. The first-order valence-corrected chi connectivity index (χ1v) is 12.4. The molecule has 32 heavy (non-hydrogen) atoms. The van der Waals surface area contributed by atoms with E-state index >= 15 is 0 Å². The van der Waals surface area contributed by atoms with Crippen LogP contribution in [0, 0.1) is 0 Å². The summed E-state index contributed by atoms with van der Waals surface area (Å²) in [6, 6.07) is 12.1. The number of aryl methyl sites for hydroxylation is 2. The van der Waals surface area contributed by atoms with Crippen LogP contribution in [0.1, 0.15) is 41.3 Å². The Balaban J connectivity index is 1.32. The zero-order valence-corrected chi connectivity index (χ0v) is 19.1. The summed E-state index contributed by atoms with van der Waals surface area (Å²) in [5.74, 6) is 0.291. The molecule has 1 saturated heterocycles. The van der Waals surface area contributed by atoms with E-state index in [9.17, 15) is 18.0 Å². The molecule has 2 aromatic carbocycles. The van der Waals surface area contributed by atoms with Crippen molar-refractivity contribution in [3.8, 4) is 5.75 Å². The Labute approximate surface area is 189 Å². The van der Waals surface area contributed by atoms with Gasteiger partial charge in [-0.25, -0.2) is 8.42 Å². The molecular formula is C24H28N2O5S. The summed E-state index contributed by atoms with van der Waals surface area (Å²) >= 11 is 0. The third-order valence-corrected chi connectivity index (χ3v) is 8.07. The van der Waals surface area contributed by atoms with Gasteiger partial charge in [0.25, 0.3) is 5.91 Å². The fraction of sp³-hybridized carbons (Fsp3) is 0.417. The number of nitrogens with zero attached hydrogens (tertiary/aromatic N) is 2. The summed E-state index contributed by atoms with van der Waals surface area (Å²) in [6.07, 6.45) is 4.20. The van der Waals surface area contributed by atoms with E-state index in [0.29, 0.717) is 29.3 Å². The van der Waals surface area contributed by atoms with Gasteiger partial charge in [0, 0.05) is 31.7 Å².